The molecule has 3 aromatic carbocycles. The molecule has 0 radical (unpaired) electrons. The Morgan fingerprint density at radius 3 is 2.40 bits per heavy atom. The molecule has 0 unspecified atom stereocenters. The summed E-state index contributed by atoms with van der Waals surface area (Å²) in [7, 11) is 1.37. The summed E-state index contributed by atoms with van der Waals surface area (Å²) in [4.78, 5) is 26.4. The molecule has 198 valence electrons. The van der Waals surface area contributed by atoms with Crippen molar-refractivity contribution in [1.29, 1.82) is 5.26 Å². The van der Waals surface area contributed by atoms with Crippen LogP contribution in [0.25, 0.3) is 23.0 Å². The van der Waals surface area contributed by atoms with Crippen LogP contribution >= 0.6 is 23.2 Å². The van der Waals surface area contributed by atoms with Crippen LogP contribution in [-0.4, -0.2) is 33.5 Å². The number of amides is 2. The highest BCUT2D eigenvalue weighted by Gasteiger charge is 2.33. The van der Waals surface area contributed by atoms with Gasteiger partial charge in [0.15, 0.2) is 0 Å². The smallest absolute Gasteiger partial charge is 0.271 e. The zero-order chi connectivity index (χ0) is 28.4. The average Bonchev–Trinajstić information content (AvgIpc) is 3.39. The van der Waals surface area contributed by atoms with Gasteiger partial charge in [-0.1, -0.05) is 47.5 Å². The van der Waals surface area contributed by atoms with Gasteiger partial charge in [-0.05, 0) is 67.1 Å². The van der Waals surface area contributed by atoms with E-state index >= 15 is 0 Å². The number of nitrogens with zero attached hydrogens (tertiary/aromatic N) is 4. The van der Waals surface area contributed by atoms with Crippen molar-refractivity contribution < 1.29 is 14.3 Å². The number of ether oxygens (including phenoxy) is 1. The lowest BCUT2D eigenvalue weighted by molar-refractivity contribution is -0.138. The fourth-order valence-electron chi connectivity index (χ4n) is 4.29. The van der Waals surface area contributed by atoms with E-state index in [-0.39, 0.29) is 17.8 Å². The standard InChI is InChI=1S/C31H22Cl2N4O3/c1-19-26(30(38)36(2)31(39)27(19)16-34)14-22-17-37(24-6-4-3-5-7-24)35-29(22)20-9-12-25(13-10-20)40-18-21-8-11-23(32)15-28(21)33/h3-15,17H,18H2,1-2H3/b26-14+. The minimum absolute atomic E-state index is 0.0624. The molecule has 40 heavy (non-hydrogen) atoms. The van der Waals surface area contributed by atoms with Gasteiger partial charge in [0, 0.05) is 45.6 Å². The third-order valence-corrected chi connectivity index (χ3v) is 7.13. The molecule has 0 bridgehead atoms. The molecule has 2 amide bonds. The van der Waals surface area contributed by atoms with Gasteiger partial charge in [0.1, 0.15) is 24.0 Å². The fraction of sp³-hybridized carbons (Fsp3) is 0.0968. The molecule has 4 aromatic rings. The second-order valence-corrected chi connectivity index (χ2v) is 9.94. The average molecular weight is 569 g/mol. The van der Waals surface area contributed by atoms with Gasteiger partial charge < -0.3 is 4.74 Å². The van der Waals surface area contributed by atoms with Gasteiger partial charge in [-0.3, -0.25) is 14.5 Å². The number of para-hydroxylation sites is 1. The molecule has 0 saturated carbocycles. The Morgan fingerprint density at radius 1 is 1.00 bits per heavy atom. The quantitative estimate of drug-likeness (QED) is 0.192. The molecule has 1 aliphatic heterocycles. The monoisotopic (exact) mass is 568 g/mol. The first-order chi connectivity index (χ1) is 19.3. The van der Waals surface area contributed by atoms with Gasteiger partial charge in [0.05, 0.1) is 11.4 Å². The minimum atomic E-state index is -0.613. The second kappa shape index (κ2) is 11.2. The Bertz CT molecular complexity index is 1730. The molecule has 0 fully saturated rings. The first-order valence-corrected chi connectivity index (χ1v) is 13.0. The maximum absolute atomic E-state index is 13.0. The number of carbonyl (C=O) groups is 2. The summed E-state index contributed by atoms with van der Waals surface area (Å²) in [5, 5.41) is 15.4. The van der Waals surface area contributed by atoms with Gasteiger partial charge >= 0.3 is 0 Å². The van der Waals surface area contributed by atoms with E-state index < -0.39 is 11.8 Å². The number of aromatic nitrogens is 2. The largest absolute Gasteiger partial charge is 0.489 e. The molecule has 2 heterocycles. The van der Waals surface area contributed by atoms with E-state index in [1.165, 1.54) is 7.05 Å². The Hall–Kier alpha value is -4.64. The highest BCUT2D eigenvalue weighted by Crippen LogP contribution is 2.32. The molecule has 1 aromatic heterocycles. The van der Waals surface area contributed by atoms with Crippen LogP contribution in [0.2, 0.25) is 10.0 Å². The van der Waals surface area contributed by atoms with E-state index in [2.05, 4.69) is 0 Å². The van der Waals surface area contributed by atoms with Crippen molar-refractivity contribution in [1.82, 2.24) is 14.7 Å². The summed E-state index contributed by atoms with van der Waals surface area (Å²) in [5.74, 6) is -0.459. The van der Waals surface area contributed by atoms with E-state index in [1.54, 1.807) is 29.8 Å². The summed E-state index contributed by atoms with van der Waals surface area (Å²) >= 11 is 12.2. The third-order valence-electron chi connectivity index (χ3n) is 6.54. The summed E-state index contributed by atoms with van der Waals surface area (Å²) in [6, 6.07) is 24.2. The summed E-state index contributed by atoms with van der Waals surface area (Å²) in [5.41, 5.74) is 4.22. The van der Waals surface area contributed by atoms with Crippen LogP contribution in [0.1, 0.15) is 18.1 Å². The number of carbonyl (C=O) groups excluding carboxylic acids is 2. The molecule has 0 saturated heterocycles. The summed E-state index contributed by atoms with van der Waals surface area (Å²) in [6.07, 6.45) is 3.49. The maximum atomic E-state index is 13.0. The molecule has 1 aliphatic rings. The van der Waals surface area contributed by atoms with Crippen LogP contribution in [0, 0.1) is 11.3 Å². The second-order valence-electron chi connectivity index (χ2n) is 9.10. The predicted octanol–water partition coefficient (Wildman–Crippen LogP) is 6.65. The predicted molar refractivity (Wildman–Crippen MR) is 154 cm³/mol. The Morgan fingerprint density at radius 2 is 1.73 bits per heavy atom. The highest BCUT2D eigenvalue weighted by molar-refractivity contribution is 6.35. The number of likely N-dealkylation sites (N-methyl/N-ethyl adjacent to an activating group) is 1. The Labute approximate surface area is 241 Å². The number of hydrogen-bond acceptors (Lipinski definition) is 5. The van der Waals surface area contributed by atoms with Gasteiger partial charge in [0.2, 0.25) is 0 Å². The third kappa shape index (κ3) is 5.28. The Balaban J connectivity index is 1.52. The van der Waals surface area contributed by atoms with Crippen LogP contribution in [-0.2, 0) is 16.2 Å². The molecule has 7 nitrogen and oxygen atoms in total. The molecule has 0 aliphatic carbocycles. The number of halogens is 2. The number of hydrogen-bond donors (Lipinski definition) is 0. The van der Waals surface area contributed by atoms with Gasteiger partial charge in [-0.2, -0.15) is 10.4 Å². The van der Waals surface area contributed by atoms with Gasteiger partial charge in [0.25, 0.3) is 11.8 Å². The highest BCUT2D eigenvalue weighted by atomic mass is 35.5. The zero-order valence-electron chi connectivity index (χ0n) is 21.6. The lowest BCUT2D eigenvalue weighted by Crippen LogP contribution is -2.39. The summed E-state index contributed by atoms with van der Waals surface area (Å²) < 4.78 is 7.64. The molecule has 0 spiro atoms. The lowest BCUT2D eigenvalue weighted by atomic mass is 9.93. The normalized spacial score (nSPS) is 14.6. The number of rotatable bonds is 6. The van der Waals surface area contributed by atoms with Crippen molar-refractivity contribution in [2.45, 2.75) is 13.5 Å². The van der Waals surface area contributed by atoms with E-state index in [0.29, 0.717) is 32.6 Å². The van der Waals surface area contributed by atoms with E-state index in [0.717, 1.165) is 21.7 Å². The summed E-state index contributed by atoms with van der Waals surface area (Å²) in [6.45, 7) is 1.88. The lowest BCUT2D eigenvalue weighted by Gasteiger charge is -2.23. The van der Waals surface area contributed by atoms with Crippen molar-refractivity contribution in [2.75, 3.05) is 7.05 Å². The molecule has 9 heteroatoms. The van der Waals surface area contributed by atoms with E-state index in [9.17, 15) is 14.9 Å². The van der Waals surface area contributed by atoms with Crippen LogP contribution in [0.3, 0.4) is 0 Å². The number of nitriles is 1. The van der Waals surface area contributed by atoms with Crippen molar-refractivity contribution >= 4 is 41.1 Å². The molecule has 0 N–H and O–H groups in total. The molecule has 5 rings (SSSR count). The maximum Gasteiger partial charge on any atom is 0.271 e. The Kier molecular flexibility index (Phi) is 7.56. The van der Waals surface area contributed by atoms with Gasteiger partial charge in [-0.25, -0.2) is 4.68 Å². The first-order valence-electron chi connectivity index (χ1n) is 12.2. The van der Waals surface area contributed by atoms with Crippen molar-refractivity contribution in [3.63, 3.8) is 0 Å². The van der Waals surface area contributed by atoms with Crippen LogP contribution in [0.4, 0.5) is 0 Å². The number of imide groups is 1. The van der Waals surface area contributed by atoms with E-state index in [1.807, 2.05) is 72.9 Å². The van der Waals surface area contributed by atoms with Crippen LogP contribution < -0.4 is 4.74 Å². The minimum Gasteiger partial charge on any atom is -0.489 e. The fourth-order valence-corrected chi connectivity index (χ4v) is 4.76. The van der Waals surface area contributed by atoms with Crippen LogP contribution in [0.15, 0.2) is 95.7 Å². The molecular formula is C31H22Cl2N4O3. The number of benzene rings is 3. The topological polar surface area (TPSA) is 88.2 Å². The molecule has 0 atom stereocenters. The first kappa shape index (κ1) is 26.9. The van der Waals surface area contributed by atoms with E-state index in [4.69, 9.17) is 33.0 Å². The van der Waals surface area contributed by atoms with Crippen LogP contribution in [0.5, 0.6) is 5.75 Å². The van der Waals surface area contributed by atoms with Crippen molar-refractivity contribution in [3.8, 4) is 28.8 Å². The van der Waals surface area contributed by atoms with Gasteiger partial charge in [-0.15, -0.1) is 0 Å². The molecular weight excluding hydrogens is 547 g/mol. The SMILES string of the molecule is CC1=C(C#N)C(=O)N(C)C(=O)/C1=C/c1cn(-c2ccccc2)nc1-c1ccc(OCc2ccc(Cl)cc2Cl)cc1. The zero-order valence-corrected chi connectivity index (χ0v) is 23.1. The van der Waals surface area contributed by atoms with Crippen molar-refractivity contribution in [2.24, 2.45) is 0 Å². The van der Waals surface area contributed by atoms with Crippen molar-refractivity contribution in [3.05, 3.63) is 117 Å².